The van der Waals surface area contributed by atoms with Crippen LogP contribution in [0.1, 0.15) is 5.56 Å². The monoisotopic (exact) mass is 424 g/mol. The highest BCUT2D eigenvalue weighted by molar-refractivity contribution is 14.1. The molecule has 0 aliphatic rings. The predicted octanol–water partition coefficient (Wildman–Crippen LogP) is 3.72. The molecule has 3 aromatic rings. The largest absolute Gasteiger partial charge is 0.497 e. The molecule has 6 heteroatoms. The lowest BCUT2D eigenvalue weighted by Gasteiger charge is -2.09. The van der Waals surface area contributed by atoms with E-state index in [0.717, 1.165) is 20.4 Å². The molecular weight excluding hydrogens is 411 g/mol. The number of aromatic amines is 1. The van der Waals surface area contributed by atoms with Gasteiger partial charge in [0.15, 0.2) is 4.77 Å². The summed E-state index contributed by atoms with van der Waals surface area (Å²) in [5, 5.41) is 0.647. The third-order valence-corrected chi connectivity index (χ3v) is 4.44. The SMILES string of the molecule is COc1ccc(Cn2c(=S)[nH]c3ccc(I)cc3c2=O)cc1. The summed E-state index contributed by atoms with van der Waals surface area (Å²) in [5.41, 5.74) is 1.68. The molecule has 0 fully saturated rings. The van der Waals surface area contributed by atoms with Gasteiger partial charge in [-0.3, -0.25) is 9.36 Å². The molecule has 0 aliphatic carbocycles. The Labute approximate surface area is 145 Å². The summed E-state index contributed by atoms with van der Waals surface area (Å²) in [6.45, 7) is 0.430. The van der Waals surface area contributed by atoms with Crippen LogP contribution in [0.3, 0.4) is 0 Å². The topological polar surface area (TPSA) is 47.0 Å². The van der Waals surface area contributed by atoms with E-state index in [4.69, 9.17) is 17.0 Å². The second-order valence-corrected chi connectivity index (χ2v) is 6.49. The minimum absolute atomic E-state index is 0.0758. The van der Waals surface area contributed by atoms with Gasteiger partial charge in [0, 0.05) is 3.57 Å². The first-order valence-corrected chi connectivity index (χ1v) is 8.12. The quantitative estimate of drug-likeness (QED) is 0.515. The number of ether oxygens (including phenoxy) is 1. The van der Waals surface area contributed by atoms with E-state index in [9.17, 15) is 4.79 Å². The molecule has 1 aromatic heterocycles. The van der Waals surface area contributed by atoms with Crippen molar-refractivity contribution in [1.29, 1.82) is 0 Å². The van der Waals surface area contributed by atoms with Crippen molar-refractivity contribution in [3.63, 3.8) is 0 Å². The number of methoxy groups -OCH3 is 1. The van der Waals surface area contributed by atoms with Gasteiger partial charge in [-0.05, 0) is 70.7 Å². The van der Waals surface area contributed by atoms with Crippen LogP contribution in [-0.2, 0) is 6.54 Å². The highest BCUT2D eigenvalue weighted by atomic mass is 127. The molecule has 0 saturated heterocycles. The summed E-state index contributed by atoms with van der Waals surface area (Å²) in [4.78, 5) is 15.8. The molecule has 0 amide bonds. The normalized spacial score (nSPS) is 10.8. The molecule has 0 atom stereocenters. The summed E-state index contributed by atoms with van der Waals surface area (Å²) in [6.07, 6.45) is 0. The lowest BCUT2D eigenvalue weighted by molar-refractivity contribution is 0.414. The first-order chi connectivity index (χ1) is 10.6. The van der Waals surface area contributed by atoms with E-state index in [1.165, 1.54) is 0 Å². The summed E-state index contributed by atoms with van der Waals surface area (Å²) >= 11 is 7.52. The second kappa shape index (κ2) is 6.21. The molecule has 3 rings (SSSR count). The van der Waals surface area contributed by atoms with Crippen LogP contribution in [0, 0.1) is 8.34 Å². The minimum atomic E-state index is -0.0758. The van der Waals surface area contributed by atoms with Crippen LogP contribution >= 0.6 is 34.8 Å². The van der Waals surface area contributed by atoms with Gasteiger partial charge in [-0.15, -0.1) is 0 Å². The van der Waals surface area contributed by atoms with Crippen molar-refractivity contribution in [3.8, 4) is 5.75 Å². The molecule has 0 saturated carbocycles. The predicted molar refractivity (Wildman–Crippen MR) is 98.2 cm³/mol. The van der Waals surface area contributed by atoms with Crippen LogP contribution in [0.5, 0.6) is 5.75 Å². The van der Waals surface area contributed by atoms with E-state index < -0.39 is 0 Å². The summed E-state index contributed by atoms with van der Waals surface area (Å²) < 4.78 is 8.16. The molecule has 0 radical (unpaired) electrons. The molecular formula is C16H13IN2O2S. The first-order valence-electron chi connectivity index (χ1n) is 6.64. The zero-order chi connectivity index (χ0) is 15.7. The maximum Gasteiger partial charge on any atom is 0.262 e. The highest BCUT2D eigenvalue weighted by Gasteiger charge is 2.07. The average molecular weight is 424 g/mol. The van der Waals surface area contributed by atoms with Crippen LogP contribution in [0.4, 0.5) is 0 Å². The lowest BCUT2D eigenvalue weighted by Crippen LogP contribution is -2.22. The van der Waals surface area contributed by atoms with Gasteiger partial charge >= 0.3 is 0 Å². The van der Waals surface area contributed by atoms with Gasteiger partial charge in [-0.25, -0.2) is 0 Å². The Morgan fingerprint density at radius 1 is 1.23 bits per heavy atom. The number of benzene rings is 2. The van der Waals surface area contributed by atoms with Crippen molar-refractivity contribution in [1.82, 2.24) is 9.55 Å². The number of hydrogen-bond acceptors (Lipinski definition) is 3. The highest BCUT2D eigenvalue weighted by Crippen LogP contribution is 2.14. The van der Waals surface area contributed by atoms with Crippen LogP contribution in [-0.4, -0.2) is 16.7 Å². The zero-order valence-electron chi connectivity index (χ0n) is 11.8. The molecule has 2 aromatic carbocycles. The van der Waals surface area contributed by atoms with Gasteiger partial charge in [0.25, 0.3) is 5.56 Å². The van der Waals surface area contributed by atoms with Gasteiger partial charge in [0.1, 0.15) is 5.75 Å². The Hall–Kier alpha value is -1.67. The Morgan fingerprint density at radius 2 is 1.95 bits per heavy atom. The smallest absolute Gasteiger partial charge is 0.262 e. The Morgan fingerprint density at radius 3 is 2.64 bits per heavy atom. The first kappa shape index (κ1) is 15.2. The molecule has 0 spiro atoms. The number of fused-ring (bicyclic) bond motifs is 1. The van der Waals surface area contributed by atoms with Crippen LogP contribution in [0.2, 0.25) is 0 Å². The van der Waals surface area contributed by atoms with Gasteiger partial charge in [0.2, 0.25) is 0 Å². The van der Waals surface area contributed by atoms with Crippen molar-refractivity contribution < 1.29 is 4.74 Å². The molecule has 1 N–H and O–H groups in total. The fourth-order valence-corrected chi connectivity index (χ4v) is 3.03. The lowest BCUT2D eigenvalue weighted by atomic mass is 10.2. The van der Waals surface area contributed by atoms with E-state index in [-0.39, 0.29) is 5.56 Å². The van der Waals surface area contributed by atoms with Crippen molar-refractivity contribution in [2.45, 2.75) is 6.54 Å². The molecule has 0 bridgehead atoms. The molecule has 112 valence electrons. The number of halogens is 1. The summed E-state index contributed by atoms with van der Waals surface area (Å²) in [6, 6.07) is 13.3. The van der Waals surface area contributed by atoms with Gasteiger partial charge < -0.3 is 9.72 Å². The number of rotatable bonds is 3. The van der Waals surface area contributed by atoms with E-state index in [0.29, 0.717) is 16.7 Å². The zero-order valence-corrected chi connectivity index (χ0v) is 14.8. The second-order valence-electron chi connectivity index (χ2n) is 4.86. The molecule has 1 heterocycles. The van der Waals surface area contributed by atoms with Crippen molar-refractivity contribution >= 4 is 45.7 Å². The fourth-order valence-electron chi connectivity index (χ4n) is 2.28. The van der Waals surface area contributed by atoms with Crippen molar-refractivity contribution in [2.75, 3.05) is 7.11 Å². The maximum atomic E-state index is 12.7. The number of H-pyrrole nitrogens is 1. The summed E-state index contributed by atoms with van der Waals surface area (Å²) in [5.74, 6) is 0.786. The van der Waals surface area contributed by atoms with Gasteiger partial charge in [-0.2, -0.15) is 0 Å². The standard InChI is InChI=1S/C16H13IN2O2S/c1-21-12-5-2-10(3-6-12)9-19-15(20)13-8-11(17)4-7-14(13)18-16(19)22/h2-8H,9H2,1H3,(H,18,22). The van der Waals surface area contributed by atoms with Gasteiger partial charge in [0.05, 0.1) is 24.6 Å². The third-order valence-electron chi connectivity index (χ3n) is 3.44. The number of nitrogens with zero attached hydrogens (tertiary/aromatic N) is 1. The van der Waals surface area contributed by atoms with Crippen LogP contribution in [0.15, 0.2) is 47.3 Å². The summed E-state index contributed by atoms with van der Waals surface area (Å²) in [7, 11) is 1.63. The van der Waals surface area contributed by atoms with Crippen LogP contribution < -0.4 is 10.3 Å². The van der Waals surface area contributed by atoms with Crippen molar-refractivity contribution in [3.05, 3.63) is 66.7 Å². The fraction of sp³-hybridized carbons (Fsp3) is 0.125. The van der Waals surface area contributed by atoms with Gasteiger partial charge in [-0.1, -0.05) is 12.1 Å². The molecule has 0 unspecified atom stereocenters. The average Bonchev–Trinajstić information content (AvgIpc) is 2.53. The van der Waals surface area contributed by atoms with Crippen LogP contribution in [0.25, 0.3) is 10.9 Å². The number of aromatic nitrogens is 2. The van der Waals surface area contributed by atoms with E-state index in [1.54, 1.807) is 11.7 Å². The Kier molecular flexibility index (Phi) is 4.30. The maximum absolute atomic E-state index is 12.7. The molecule has 4 nitrogen and oxygen atoms in total. The Balaban J connectivity index is 2.09. The molecule has 0 aliphatic heterocycles. The van der Waals surface area contributed by atoms with E-state index >= 15 is 0 Å². The van der Waals surface area contributed by atoms with E-state index in [1.807, 2.05) is 42.5 Å². The minimum Gasteiger partial charge on any atom is -0.497 e. The van der Waals surface area contributed by atoms with E-state index in [2.05, 4.69) is 27.6 Å². The molecule has 22 heavy (non-hydrogen) atoms. The Bertz CT molecular complexity index is 945. The number of hydrogen-bond donors (Lipinski definition) is 1. The van der Waals surface area contributed by atoms with Crippen molar-refractivity contribution in [2.24, 2.45) is 0 Å². The number of nitrogens with one attached hydrogen (secondary N) is 1. The third kappa shape index (κ3) is 2.93.